The molecule has 5 nitrogen and oxygen atoms in total. The molecular formula is C8H11ClN2O3. The summed E-state index contributed by atoms with van der Waals surface area (Å²) in [5, 5.41) is 8.59. The second-order valence-electron chi connectivity index (χ2n) is 2.42. The third-order valence-electron chi connectivity index (χ3n) is 1.54. The fourth-order valence-corrected chi connectivity index (χ4v) is 0.844. The number of carbonyl (C=O) groups is 1. The molecule has 0 saturated carbocycles. The minimum absolute atomic E-state index is 0. The number of methoxy groups -OCH3 is 1. The molecular weight excluding hydrogens is 208 g/mol. The molecule has 0 fully saturated rings. The third kappa shape index (κ3) is 2.86. The maximum absolute atomic E-state index is 10.5. The quantitative estimate of drug-likeness (QED) is 0.776. The summed E-state index contributed by atoms with van der Waals surface area (Å²) < 4.78 is 4.83. The molecule has 1 atom stereocenters. The monoisotopic (exact) mass is 218 g/mol. The molecule has 1 rings (SSSR count). The van der Waals surface area contributed by atoms with E-state index in [1.54, 1.807) is 18.2 Å². The zero-order valence-corrected chi connectivity index (χ0v) is 8.32. The number of ether oxygens (including phenoxy) is 1. The van der Waals surface area contributed by atoms with Gasteiger partial charge in [0.15, 0.2) is 0 Å². The molecule has 3 N–H and O–H groups in total. The van der Waals surface area contributed by atoms with Gasteiger partial charge in [0.05, 0.1) is 12.8 Å². The Bertz CT molecular complexity index is 319. The summed E-state index contributed by atoms with van der Waals surface area (Å²) in [6, 6.07) is 3.71. The summed E-state index contributed by atoms with van der Waals surface area (Å²) in [5.41, 5.74) is 5.63. The highest BCUT2D eigenvalue weighted by molar-refractivity contribution is 5.85. The smallest absolute Gasteiger partial charge is 0.326 e. The maximum Gasteiger partial charge on any atom is 0.326 e. The number of carboxylic acid groups (broad SMARTS) is 1. The standard InChI is InChI=1S/C8H10N2O3.ClH/c1-13-6-4-2-3-5(10-6)7(9)8(11)12;/h2-4,7H,9H2,1H3,(H,11,12);1H/t7-;/m0./s1. The number of nitrogens with two attached hydrogens (primary N) is 1. The van der Waals surface area contributed by atoms with Crippen molar-refractivity contribution in [3.05, 3.63) is 23.9 Å². The predicted octanol–water partition coefficient (Wildman–Crippen LogP) is 0.596. The van der Waals surface area contributed by atoms with Crippen LogP contribution in [0.2, 0.25) is 0 Å². The van der Waals surface area contributed by atoms with Crippen LogP contribution in [-0.2, 0) is 4.79 Å². The molecule has 6 heteroatoms. The van der Waals surface area contributed by atoms with Gasteiger partial charge in [0.25, 0.3) is 0 Å². The van der Waals surface area contributed by atoms with Gasteiger partial charge in [-0.15, -0.1) is 12.4 Å². The van der Waals surface area contributed by atoms with Crippen LogP contribution in [0.15, 0.2) is 18.2 Å². The van der Waals surface area contributed by atoms with Crippen LogP contribution in [-0.4, -0.2) is 23.2 Å². The molecule has 1 heterocycles. The zero-order chi connectivity index (χ0) is 9.84. The molecule has 0 aliphatic heterocycles. The normalized spacial score (nSPS) is 11.3. The number of aliphatic carboxylic acids is 1. The maximum atomic E-state index is 10.5. The number of halogens is 1. The van der Waals surface area contributed by atoms with Crippen molar-refractivity contribution >= 4 is 18.4 Å². The number of aromatic nitrogens is 1. The van der Waals surface area contributed by atoms with Gasteiger partial charge in [-0.1, -0.05) is 6.07 Å². The van der Waals surface area contributed by atoms with Crippen LogP contribution in [0.4, 0.5) is 0 Å². The van der Waals surface area contributed by atoms with Gasteiger partial charge in [0, 0.05) is 6.07 Å². The van der Waals surface area contributed by atoms with Crippen molar-refractivity contribution in [3.63, 3.8) is 0 Å². The predicted molar refractivity (Wildman–Crippen MR) is 52.6 cm³/mol. The van der Waals surface area contributed by atoms with Crippen molar-refractivity contribution in [2.45, 2.75) is 6.04 Å². The van der Waals surface area contributed by atoms with Gasteiger partial charge >= 0.3 is 5.97 Å². The first-order chi connectivity index (χ1) is 6.15. The van der Waals surface area contributed by atoms with Crippen LogP contribution in [0.1, 0.15) is 11.7 Å². The molecule has 78 valence electrons. The minimum atomic E-state index is -1.11. The number of pyridine rings is 1. The molecule has 0 radical (unpaired) electrons. The van der Waals surface area contributed by atoms with E-state index in [9.17, 15) is 4.79 Å². The molecule has 0 aliphatic carbocycles. The first-order valence-corrected chi connectivity index (χ1v) is 3.64. The van der Waals surface area contributed by atoms with E-state index < -0.39 is 12.0 Å². The van der Waals surface area contributed by atoms with Gasteiger partial charge in [-0.05, 0) is 6.07 Å². The summed E-state index contributed by atoms with van der Waals surface area (Å²) in [6.45, 7) is 0. The van der Waals surface area contributed by atoms with E-state index in [0.717, 1.165) is 0 Å². The van der Waals surface area contributed by atoms with Crippen molar-refractivity contribution in [1.29, 1.82) is 0 Å². The van der Waals surface area contributed by atoms with Crippen LogP contribution < -0.4 is 10.5 Å². The summed E-state index contributed by atoms with van der Waals surface area (Å²) in [5.74, 6) is -0.755. The lowest BCUT2D eigenvalue weighted by Crippen LogP contribution is -2.21. The first-order valence-electron chi connectivity index (χ1n) is 3.64. The van der Waals surface area contributed by atoms with Crippen molar-refractivity contribution in [3.8, 4) is 5.88 Å². The summed E-state index contributed by atoms with van der Waals surface area (Å²) in [7, 11) is 1.46. The van der Waals surface area contributed by atoms with Crippen molar-refractivity contribution < 1.29 is 14.6 Å². The Kier molecular flexibility index (Phi) is 4.90. The van der Waals surface area contributed by atoms with E-state index in [-0.39, 0.29) is 18.1 Å². The Hall–Kier alpha value is -1.33. The van der Waals surface area contributed by atoms with Crippen molar-refractivity contribution in [2.75, 3.05) is 7.11 Å². The second kappa shape index (κ2) is 5.41. The van der Waals surface area contributed by atoms with E-state index in [0.29, 0.717) is 5.88 Å². The lowest BCUT2D eigenvalue weighted by atomic mass is 10.2. The van der Waals surface area contributed by atoms with Crippen LogP contribution in [0.5, 0.6) is 5.88 Å². The topological polar surface area (TPSA) is 85.4 Å². The molecule has 0 amide bonds. The molecule has 0 unspecified atom stereocenters. The highest BCUT2D eigenvalue weighted by Crippen LogP contribution is 2.12. The largest absolute Gasteiger partial charge is 0.481 e. The van der Waals surface area contributed by atoms with E-state index in [2.05, 4.69) is 4.98 Å². The SMILES string of the molecule is COc1cccc([C@H](N)C(=O)O)n1.Cl. The summed E-state index contributed by atoms with van der Waals surface area (Å²) in [6.07, 6.45) is 0. The van der Waals surface area contributed by atoms with Crippen LogP contribution >= 0.6 is 12.4 Å². The van der Waals surface area contributed by atoms with E-state index in [1.165, 1.54) is 7.11 Å². The van der Waals surface area contributed by atoms with Crippen LogP contribution in [0, 0.1) is 0 Å². The molecule has 14 heavy (non-hydrogen) atoms. The van der Waals surface area contributed by atoms with Crippen molar-refractivity contribution in [2.24, 2.45) is 5.73 Å². The number of carboxylic acids is 1. The number of nitrogens with zero attached hydrogens (tertiary/aromatic N) is 1. The van der Waals surface area contributed by atoms with Crippen molar-refractivity contribution in [1.82, 2.24) is 4.98 Å². The number of hydrogen-bond donors (Lipinski definition) is 2. The number of hydrogen-bond acceptors (Lipinski definition) is 4. The molecule has 0 aromatic carbocycles. The minimum Gasteiger partial charge on any atom is -0.481 e. The Morgan fingerprint density at radius 3 is 2.79 bits per heavy atom. The second-order valence-corrected chi connectivity index (χ2v) is 2.42. The highest BCUT2D eigenvalue weighted by atomic mass is 35.5. The molecule has 0 aliphatic rings. The molecule has 0 spiro atoms. The summed E-state index contributed by atoms with van der Waals surface area (Å²) >= 11 is 0. The Morgan fingerprint density at radius 1 is 1.64 bits per heavy atom. The average molecular weight is 219 g/mol. The van der Waals surface area contributed by atoms with Crippen LogP contribution in [0.3, 0.4) is 0 Å². The number of rotatable bonds is 3. The van der Waals surface area contributed by atoms with Gasteiger partial charge in [-0.2, -0.15) is 0 Å². The van der Waals surface area contributed by atoms with E-state index in [4.69, 9.17) is 15.6 Å². The van der Waals surface area contributed by atoms with E-state index in [1.807, 2.05) is 0 Å². The Morgan fingerprint density at radius 2 is 2.29 bits per heavy atom. The highest BCUT2D eigenvalue weighted by Gasteiger charge is 2.15. The first kappa shape index (κ1) is 12.7. The fraction of sp³-hybridized carbons (Fsp3) is 0.250. The molecule has 0 saturated heterocycles. The van der Waals surface area contributed by atoms with Gasteiger partial charge in [0.2, 0.25) is 5.88 Å². The van der Waals surface area contributed by atoms with Gasteiger partial charge in [-0.3, -0.25) is 4.79 Å². The Labute approximate surface area is 87.3 Å². The summed E-state index contributed by atoms with van der Waals surface area (Å²) in [4.78, 5) is 14.4. The van der Waals surface area contributed by atoms with Gasteiger partial charge in [0.1, 0.15) is 6.04 Å². The zero-order valence-electron chi connectivity index (χ0n) is 7.51. The van der Waals surface area contributed by atoms with Crippen LogP contribution in [0.25, 0.3) is 0 Å². The lowest BCUT2D eigenvalue weighted by Gasteiger charge is -2.06. The molecule has 1 aromatic rings. The average Bonchev–Trinajstić information content (AvgIpc) is 2.16. The Balaban J connectivity index is 0.00000169. The van der Waals surface area contributed by atoms with Gasteiger partial charge in [-0.25, -0.2) is 4.98 Å². The molecule has 1 aromatic heterocycles. The fourth-order valence-electron chi connectivity index (χ4n) is 0.844. The lowest BCUT2D eigenvalue weighted by molar-refractivity contribution is -0.138. The molecule has 0 bridgehead atoms. The van der Waals surface area contributed by atoms with Gasteiger partial charge < -0.3 is 15.6 Å². The third-order valence-corrected chi connectivity index (χ3v) is 1.54. The van der Waals surface area contributed by atoms with E-state index >= 15 is 0 Å².